The van der Waals surface area contributed by atoms with Gasteiger partial charge < -0.3 is 14.2 Å². The highest BCUT2D eigenvalue weighted by atomic mass is 16.6. The van der Waals surface area contributed by atoms with Gasteiger partial charge in [-0.1, -0.05) is 54.6 Å². The molecule has 3 aromatic carbocycles. The number of rotatable bonds is 6. The van der Waals surface area contributed by atoms with Crippen LogP contribution in [0.15, 0.2) is 95.6 Å². The zero-order valence-corrected chi connectivity index (χ0v) is 17.2. The van der Waals surface area contributed by atoms with Crippen molar-refractivity contribution >= 4 is 30.0 Å². The fourth-order valence-corrected chi connectivity index (χ4v) is 3.00. The van der Waals surface area contributed by atoms with Crippen molar-refractivity contribution < 1.29 is 23.8 Å². The summed E-state index contributed by atoms with van der Waals surface area (Å²) in [5, 5.41) is 0. The zero-order valence-electron chi connectivity index (χ0n) is 17.2. The molecule has 3 aromatic rings. The van der Waals surface area contributed by atoms with Gasteiger partial charge in [0, 0.05) is 17.2 Å². The average Bonchev–Trinajstić information content (AvgIpc) is 3.20. The third-order valence-corrected chi connectivity index (χ3v) is 4.57. The van der Waals surface area contributed by atoms with Crippen LogP contribution in [0.1, 0.15) is 16.7 Å². The topological polar surface area (TPSA) is 74.2 Å². The van der Waals surface area contributed by atoms with E-state index < -0.39 is 11.9 Å². The molecule has 1 aliphatic rings. The lowest BCUT2D eigenvalue weighted by atomic mass is 10.1. The van der Waals surface area contributed by atoms with Crippen LogP contribution in [0, 0.1) is 0 Å². The summed E-state index contributed by atoms with van der Waals surface area (Å²) in [6.07, 6.45) is 4.55. The van der Waals surface area contributed by atoms with Crippen molar-refractivity contribution in [1.82, 2.24) is 0 Å². The van der Waals surface area contributed by atoms with Crippen molar-refractivity contribution in [3.05, 3.63) is 107 Å². The van der Waals surface area contributed by atoms with E-state index in [9.17, 15) is 9.59 Å². The number of para-hydroxylation sites is 1. The highest BCUT2D eigenvalue weighted by molar-refractivity contribution is 6.13. The fourth-order valence-electron chi connectivity index (χ4n) is 3.00. The molecule has 1 heterocycles. The van der Waals surface area contributed by atoms with Crippen molar-refractivity contribution in [2.45, 2.75) is 0 Å². The number of carbonyl (C=O) groups is 2. The molecule has 6 heteroatoms. The Balaban J connectivity index is 1.55. The lowest BCUT2D eigenvalue weighted by Gasteiger charge is -2.05. The van der Waals surface area contributed by atoms with Crippen LogP contribution in [0.4, 0.5) is 0 Å². The number of carbonyl (C=O) groups excluding carboxylic acids is 2. The van der Waals surface area contributed by atoms with Gasteiger partial charge in [0.25, 0.3) is 0 Å². The normalized spacial score (nSPS) is 14.3. The molecule has 0 amide bonds. The minimum atomic E-state index is -0.590. The third-order valence-electron chi connectivity index (χ3n) is 4.57. The Morgan fingerprint density at radius 1 is 0.969 bits per heavy atom. The van der Waals surface area contributed by atoms with Crippen LogP contribution in [0.5, 0.6) is 11.5 Å². The number of ether oxygens (including phenoxy) is 3. The maximum Gasteiger partial charge on any atom is 0.363 e. The van der Waals surface area contributed by atoms with E-state index in [-0.39, 0.29) is 11.6 Å². The Morgan fingerprint density at radius 3 is 2.56 bits per heavy atom. The van der Waals surface area contributed by atoms with E-state index in [1.165, 1.54) is 12.2 Å². The second-order valence-corrected chi connectivity index (χ2v) is 6.77. The van der Waals surface area contributed by atoms with Gasteiger partial charge in [-0.05, 0) is 42.0 Å². The highest BCUT2D eigenvalue weighted by Crippen LogP contribution is 2.25. The molecule has 0 aromatic heterocycles. The second kappa shape index (κ2) is 9.57. The van der Waals surface area contributed by atoms with Gasteiger partial charge in [0.15, 0.2) is 5.70 Å². The molecule has 0 spiro atoms. The molecule has 0 radical (unpaired) electrons. The van der Waals surface area contributed by atoms with Crippen molar-refractivity contribution in [2.24, 2.45) is 4.99 Å². The van der Waals surface area contributed by atoms with Gasteiger partial charge in [0.05, 0.1) is 7.11 Å². The summed E-state index contributed by atoms with van der Waals surface area (Å²) >= 11 is 0. The summed E-state index contributed by atoms with van der Waals surface area (Å²) in [5.74, 6) is -0.0114. The number of hydrogen-bond donors (Lipinski definition) is 0. The van der Waals surface area contributed by atoms with E-state index >= 15 is 0 Å². The minimum Gasteiger partial charge on any atom is -0.497 e. The molecule has 4 rings (SSSR count). The molecule has 0 unspecified atom stereocenters. The molecule has 0 fully saturated rings. The van der Waals surface area contributed by atoms with Gasteiger partial charge in [-0.3, -0.25) is 0 Å². The summed E-state index contributed by atoms with van der Waals surface area (Å²) in [6, 6.07) is 23.4. The van der Waals surface area contributed by atoms with Gasteiger partial charge >= 0.3 is 11.9 Å². The van der Waals surface area contributed by atoms with Gasteiger partial charge in [-0.2, -0.15) is 0 Å². The first-order valence-corrected chi connectivity index (χ1v) is 9.83. The molecule has 0 N–H and O–H groups in total. The van der Waals surface area contributed by atoms with Gasteiger partial charge in [-0.25, -0.2) is 14.6 Å². The SMILES string of the molecule is COc1cccc(C2=N/C(=C\c3ccccc3OC(=O)/C=C/c3ccccc3)C(=O)O2)c1. The quantitative estimate of drug-likeness (QED) is 0.326. The summed E-state index contributed by atoms with van der Waals surface area (Å²) in [5.41, 5.74) is 2.13. The summed E-state index contributed by atoms with van der Waals surface area (Å²) in [7, 11) is 1.56. The third kappa shape index (κ3) is 4.99. The van der Waals surface area contributed by atoms with E-state index in [4.69, 9.17) is 14.2 Å². The fraction of sp³-hybridized carbons (Fsp3) is 0.0385. The maximum atomic E-state index is 12.4. The second-order valence-electron chi connectivity index (χ2n) is 6.77. The predicted molar refractivity (Wildman–Crippen MR) is 121 cm³/mol. The Morgan fingerprint density at radius 2 is 1.75 bits per heavy atom. The molecule has 0 saturated carbocycles. The molecule has 158 valence electrons. The van der Waals surface area contributed by atoms with Crippen molar-refractivity contribution in [1.29, 1.82) is 0 Å². The number of hydrogen-bond acceptors (Lipinski definition) is 6. The molecule has 6 nitrogen and oxygen atoms in total. The summed E-state index contributed by atoms with van der Waals surface area (Å²) < 4.78 is 16.0. The predicted octanol–water partition coefficient (Wildman–Crippen LogP) is 4.66. The van der Waals surface area contributed by atoms with Crippen LogP contribution in [0.25, 0.3) is 12.2 Å². The maximum absolute atomic E-state index is 12.4. The van der Waals surface area contributed by atoms with Gasteiger partial charge in [0.1, 0.15) is 11.5 Å². The van der Waals surface area contributed by atoms with Gasteiger partial charge in [0.2, 0.25) is 5.90 Å². The number of benzene rings is 3. The summed E-state index contributed by atoms with van der Waals surface area (Å²) in [6.45, 7) is 0. The standard InChI is InChI=1S/C26H19NO5/c1-30-21-12-7-11-20(16-21)25-27-22(26(29)32-25)17-19-10-5-6-13-23(19)31-24(28)15-14-18-8-3-2-4-9-18/h2-17H,1H3/b15-14+,22-17-. The Labute approximate surface area is 185 Å². The van der Waals surface area contributed by atoms with Gasteiger partial charge in [-0.15, -0.1) is 0 Å². The smallest absolute Gasteiger partial charge is 0.363 e. The summed E-state index contributed by atoms with van der Waals surface area (Å²) in [4.78, 5) is 28.9. The van der Waals surface area contributed by atoms with Crippen LogP contribution >= 0.6 is 0 Å². The lowest BCUT2D eigenvalue weighted by Crippen LogP contribution is -2.06. The highest BCUT2D eigenvalue weighted by Gasteiger charge is 2.25. The number of nitrogens with zero attached hydrogens (tertiary/aromatic N) is 1. The molecule has 1 aliphatic heterocycles. The van der Waals surface area contributed by atoms with E-state index in [0.29, 0.717) is 22.6 Å². The van der Waals surface area contributed by atoms with Crippen molar-refractivity contribution in [3.63, 3.8) is 0 Å². The minimum absolute atomic E-state index is 0.103. The number of aliphatic imine (C=N–C) groups is 1. The van der Waals surface area contributed by atoms with Crippen LogP contribution in [0.2, 0.25) is 0 Å². The molecular weight excluding hydrogens is 406 g/mol. The van der Waals surface area contributed by atoms with Crippen LogP contribution in [-0.2, 0) is 14.3 Å². The number of esters is 2. The molecule has 0 atom stereocenters. The molecular formula is C26H19NO5. The number of cyclic esters (lactones) is 1. The van der Waals surface area contributed by atoms with E-state index in [1.807, 2.05) is 30.3 Å². The van der Waals surface area contributed by atoms with E-state index in [2.05, 4.69) is 4.99 Å². The molecule has 0 bridgehead atoms. The molecule has 32 heavy (non-hydrogen) atoms. The Kier molecular flexibility index (Phi) is 6.22. The van der Waals surface area contributed by atoms with E-state index in [0.717, 1.165) is 5.56 Å². The first-order valence-electron chi connectivity index (χ1n) is 9.83. The first-order chi connectivity index (χ1) is 15.6. The molecule has 0 aliphatic carbocycles. The Hall–Kier alpha value is -4.45. The first kappa shape index (κ1) is 20.8. The van der Waals surface area contributed by atoms with Crippen LogP contribution in [-0.4, -0.2) is 24.9 Å². The zero-order chi connectivity index (χ0) is 22.3. The van der Waals surface area contributed by atoms with Crippen LogP contribution < -0.4 is 9.47 Å². The monoisotopic (exact) mass is 425 g/mol. The molecule has 0 saturated heterocycles. The average molecular weight is 425 g/mol. The lowest BCUT2D eigenvalue weighted by molar-refractivity contribution is -0.130. The largest absolute Gasteiger partial charge is 0.497 e. The Bertz CT molecular complexity index is 1240. The van der Waals surface area contributed by atoms with E-state index in [1.54, 1.807) is 61.7 Å². The van der Waals surface area contributed by atoms with Crippen molar-refractivity contribution in [3.8, 4) is 11.5 Å². The number of methoxy groups -OCH3 is 1. The van der Waals surface area contributed by atoms with Crippen molar-refractivity contribution in [2.75, 3.05) is 7.11 Å². The van der Waals surface area contributed by atoms with Crippen LogP contribution in [0.3, 0.4) is 0 Å².